The van der Waals surface area contributed by atoms with Gasteiger partial charge >= 0.3 is 17.9 Å². The summed E-state index contributed by atoms with van der Waals surface area (Å²) in [7, 11) is 0. The lowest BCUT2D eigenvalue weighted by Gasteiger charge is -2.21. The van der Waals surface area contributed by atoms with E-state index >= 15 is 0 Å². The van der Waals surface area contributed by atoms with Crippen molar-refractivity contribution in [3.8, 4) is 0 Å². The van der Waals surface area contributed by atoms with Crippen molar-refractivity contribution in [2.45, 2.75) is 32.1 Å². The van der Waals surface area contributed by atoms with Crippen molar-refractivity contribution in [1.82, 2.24) is 19.7 Å². The van der Waals surface area contributed by atoms with E-state index in [-0.39, 0.29) is 29.1 Å². The first kappa shape index (κ1) is 21.2. The van der Waals surface area contributed by atoms with E-state index in [9.17, 15) is 24.6 Å². The van der Waals surface area contributed by atoms with Gasteiger partial charge < -0.3 is 19.7 Å². The van der Waals surface area contributed by atoms with Crippen molar-refractivity contribution in [2.24, 2.45) is 11.8 Å². The first-order valence-corrected chi connectivity index (χ1v) is 9.21. The van der Waals surface area contributed by atoms with Crippen molar-refractivity contribution in [3.63, 3.8) is 0 Å². The molecule has 4 atom stereocenters. The van der Waals surface area contributed by atoms with Gasteiger partial charge in [-0.3, -0.25) is 14.4 Å². The Kier molecular flexibility index (Phi) is 6.20. The Morgan fingerprint density at radius 3 is 2.45 bits per heavy atom. The largest absolute Gasteiger partial charge is 0.481 e. The topological polar surface area (TPSA) is 154 Å². The van der Waals surface area contributed by atoms with Crippen molar-refractivity contribution < 1.29 is 34.1 Å². The second-order valence-electron chi connectivity index (χ2n) is 6.50. The smallest absolute Gasteiger partial charge is 0.303 e. The highest BCUT2D eigenvalue weighted by atomic mass is 35.5. The van der Waals surface area contributed by atoms with Crippen molar-refractivity contribution in [3.05, 3.63) is 16.6 Å². The number of hydrogen-bond donors (Lipinski definition) is 2. The van der Waals surface area contributed by atoms with Gasteiger partial charge in [0.05, 0.1) is 30.5 Å². The first-order chi connectivity index (χ1) is 13.7. The minimum atomic E-state index is -1.14. The highest BCUT2D eigenvalue weighted by Gasteiger charge is 2.48. The number of aliphatic carboxylic acids is 2. The van der Waals surface area contributed by atoms with E-state index in [1.165, 1.54) is 17.8 Å². The Balaban J connectivity index is 2.04. The van der Waals surface area contributed by atoms with Crippen molar-refractivity contribution in [1.29, 1.82) is 0 Å². The fraction of sp³-hybridized carbons (Fsp3) is 0.500. The lowest BCUT2D eigenvalue weighted by atomic mass is 9.84. The maximum atomic E-state index is 11.5. The number of esters is 1. The minimum Gasteiger partial charge on any atom is -0.481 e. The van der Waals surface area contributed by atoms with Gasteiger partial charge in [0, 0.05) is 18.8 Å². The molecule has 3 heterocycles. The number of carbonyl (C=O) groups is 3. The average Bonchev–Trinajstić information content (AvgIpc) is 3.15. The van der Waals surface area contributed by atoms with Gasteiger partial charge in [-0.25, -0.2) is 9.67 Å². The molecule has 156 valence electrons. The number of ether oxygens (including phenoxy) is 2. The second-order valence-corrected chi connectivity index (χ2v) is 7.20. The molecule has 1 saturated heterocycles. The lowest BCUT2D eigenvalue weighted by molar-refractivity contribution is -0.147. The minimum absolute atomic E-state index is 0.0533. The molecule has 0 saturated carbocycles. The third-order valence-electron chi connectivity index (χ3n) is 4.60. The van der Waals surface area contributed by atoms with Crippen LogP contribution in [0.15, 0.2) is 6.20 Å². The van der Waals surface area contributed by atoms with Gasteiger partial charge in [-0.2, -0.15) is 10.1 Å². The third-order valence-corrected chi connectivity index (χ3v) is 5.06. The van der Waals surface area contributed by atoms with Crippen LogP contribution in [0.25, 0.3) is 11.0 Å². The summed E-state index contributed by atoms with van der Waals surface area (Å²) in [5.41, 5.74) is 0.206. The van der Waals surface area contributed by atoms with Gasteiger partial charge in [-0.05, 0) is 11.6 Å². The molecule has 2 aromatic heterocycles. The molecule has 1 fully saturated rings. The molecule has 2 aromatic rings. The molecule has 1 aliphatic heterocycles. The number of carboxylic acids is 2. The highest BCUT2D eigenvalue weighted by Crippen LogP contribution is 2.44. The number of carbonyl (C=O) groups excluding carboxylic acids is 1. The van der Waals surface area contributed by atoms with E-state index in [0.29, 0.717) is 5.39 Å². The standard InChI is InChI=1S/C16H16Cl2N4O7/c1-6(23)28-5-10-7(2-11(24)25)8(3-12(26)27)15(29-10)22-14-9(4-19-22)13(17)20-16(18)21-14/h4,7-8,10,15H,2-3,5H2,1H3,(H,24,25)(H,26,27)/t7-,8-,10+,15-/m1/s1. The molecule has 0 unspecified atom stereocenters. The van der Waals surface area contributed by atoms with E-state index in [1.807, 2.05) is 0 Å². The van der Waals surface area contributed by atoms with Crippen LogP contribution in [-0.2, 0) is 23.9 Å². The van der Waals surface area contributed by atoms with Gasteiger partial charge in [-0.15, -0.1) is 0 Å². The number of carboxylic acid groups (broad SMARTS) is 2. The zero-order chi connectivity index (χ0) is 21.3. The summed E-state index contributed by atoms with van der Waals surface area (Å²) in [5.74, 6) is -4.40. The van der Waals surface area contributed by atoms with Crippen molar-refractivity contribution in [2.75, 3.05) is 6.61 Å². The fourth-order valence-electron chi connectivity index (χ4n) is 3.46. The third kappa shape index (κ3) is 4.57. The van der Waals surface area contributed by atoms with Crippen LogP contribution in [-0.4, -0.2) is 60.6 Å². The predicted octanol–water partition coefficient (Wildman–Crippen LogP) is 1.78. The molecule has 1 aliphatic rings. The second kappa shape index (κ2) is 8.47. The van der Waals surface area contributed by atoms with Crippen LogP contribution in [0.3, 0.4) is 0 Å². The van der Waals surface area contributed by atoms with Crippen LogP contribution in [0.4, 0.5) is 0 Å². The quantitative estimate of drug-likeness (QED) is 0.365. The number of fused-ring (bicyclic) bond motifs is 1. The Morgan fingerprint density at radius 1 is 1.17 bits per heavy atom. The van der Waals surface area contributed by atoms with Crippen LogP contribution in [0.2, 0.25) is 10.4 Å². The molecule has 3 rings (SSSR count). The molecule has 0 amide bonds. The molecule has 0 aromatic carbocycles. The molecule has 11 nitrogen and oxygen atoms in total. The number of aromatic nitrogens is 4. The van der Waals surface area contributed by atoms with Crippen LogP contribution < -0.4 is 0 Å². The van der Waals surface area contributed by atoms with E-state index in [2.05, 4.69) is 15.1 Å². The van der Waals surface area contributed by atoms with Gasteiger partial charge in [0.25, 0.3) is 0 Å². The summed E-state index contributed by atoms with van der Waals surface area (Å²) in [6.07, 6.45) is -1.24. The zero-order valence-electron chi connectivity index (χ0n) is 15.0. The fourth-order valence-corrected chi connectivity index (χ4v) is 3.88. The van der Waals surface area contributed by atoms with Gasteiger partial charge in [0.1, 0.15) is 11.8 Å². The maximum absolute atomic E-state index is 11.5. The maximum Gasteiger partial charge on any atom is 0.303 e. The van der Waals surface area contributed by atoms with Crippen LogP contribution in [0.5, 0.6) is 0 Å². The zero-order valence-corrected chi connectivity index (χ0v) is 16.5. The Hall–Kier alpha value is -2.50. The summed E-state index contributed by atoms with van der Waals surface area (Å²) >= 11 is 11.9. The predicted molar refractivity (Wildman–Crippen MR) is 97.4 cm³/mol. The lowest BCUT2D eigenvalue weighted by Crippen LogP contribution is -2.29. The summed E-state index contributed by atoms with van der Waals surface area (Å²) in [5, 5.41) is 23.1. The molecule has 29 heavy (non-hydrogen) atoms. The summed E-state index contributed by atoms with van der Waals surface area (Å²) < 4.78 is 12.2. The number of hydrogen-bond acceptors (Lipinski definition) is 8. The first-order valence-electron chi connectivity index (χ1n) is 8.46. The Labute approximate surface area is 173 Å². The molecular weight excluding hydrogens is 431 g/mol. The Morgan fingerprint density at radius 2 is 1.83 bits per heavy atom. The SMILES string of the molecule is CC(=O)OC[C@@H]1O[C@@H](n2ncc3c(Cl)nc(Cl)nc32)[C@H](CC(=O)O)[C@H]1CC(=O)O. The summed E-state index contributed by atoms with van der Waals surface area (Å²) in [4.78, 5) is 41.9. The Bertz CT molecular complexity index is 966. The van der Waals surface area contributed by atoms with Crippen LogP contribution >= 0.6 is 23.2 Å². The highest BCUT2D eigenvalue weighted by molar-refractivity contribution is 6.35. The summed E-state index contributed by atoms with van der Waals surface area (Å²) in [6, 6.07) is 0. The van der Waals surface area contributed by atoms with Gasteiger partial charge in [-0.1, -0.05) is 11.6 Å². The molecule has 0 radical (unpaired) electrons. The van der Waals surface area contributed by atoms with E-state index < -0.39 is 48.5 Å². The van der Waals surface area contributed by atoms with E-state index in [0.717, 1.165) is 0 Å². The molecule has 13 heteroatoms. The van der Waals surface area contributed by atoms with Crippen LogP contribution in [0, 0.1) is 11.8 Å². The number of halogens is 2. The molecule has 0 aliphatic carbocycles. The molecule has 0 spiro atoms. The average molecular weight is 447 g/mol. The van der Waals surface area contributed by atoms with Crippen LogP contribution in [0.1, 0.15) is 26.0 Å². The molecule has 2 N–H and O–H groups in total. The monoisotopic (exact) mass is 446 g/mol. The van der Waals surface area contributed by atoms with E-state index in [1.54, 1.807) is 0 Å². The van der Waals surface area contributed by atoms with Gasteiger partial charge in [0.15, 0.2) is 11.9 Å². The van der Waals surface area contributed by atoms with Crippen molar-refractivity contribution >= 4 is 52.1 Å². The number of nitrogens with zero attached hydrogens (tertiary/aromatic N) is 4. The molecular formula is C16H16Cl2N4O7. The molecule has 0 bridgehead atoms. The summed E-state index contributed by atoms with van der Waals surface area (Å²) in [6.45, 7) is 0.977. The normalized spacial score (nSPS) is 24.0. The van der Waals surface area contributed by atoms with Gasteiger partial charge in [0.2, 0.25) is 5.28 Å². The number of rotatable bonds is 7. The van der Waals surface area contributed by atoms with E-state index in [4.69, 9.17) is 32.7 Å².